The third-order valence-corrected chi connectivity index (χ3v) is 5.19. The zero-order valence-corrected chi connectivity index (χ0v) is 13.3. The summed E-state index contributed by atoms with van der Waals surface area (Å²) in [5.74, 6) is -0.522. The Bertz CT molecular complexity index is 389. The predicted octanol–water partition coefficient (Wildman–Crippen LogP) is 1.82. The van der Waals surface area contributed by atoms with Gasteiger partial charge in [-0.15, -0.1) is 0 Å². The van der Waals surface area contributed by atoms with E-state index in [1.807, 2.05) is 4.90 Å². The van der Waals surface area contributed by atoms with E-state index in [1.54, 1.807) is 13.8 Å². The van der Waals surface area contributed by atoms with Gasteiger partial charge < -0.3 is 14.9 Å². The number of hydrogen-bond acceptors (Lipinski definition) is 3. The molecule has 5 heteroatoms. The minimum atomic E-state index is -0.765. The van der Waals surface area contributed by atoms with Crippen LogP contribution in [0.25, 0.3) is 0 Å². The maximum absolute atomic E-state index is 12.3. The monoisotopic (exact) mass is 296 g/mol. The average molecular weight is 296 g/mol. The summed E-state index contributed by atoms with van der Waals surface area (Å²) in [5.41, 5.74) is -0.756. The highest BCUT2D eigenvalue weighted by atomic mass is 16.4. The van der Waals surface area contributed by atoms with Crippen molar-refractivity contribution < 1.29 is 14.7 Å². The Morgan fingerprint density at radius 2 is 1.81 bits per heavy atom. The number of carboxylic acid groups (broad SMARTS) is 1. The van der Waals surface area contributed by atoms with E-state index < -0.39 is 11.4 Å². The van der Waals surface area contributed by atoms with Gasteiger partial charge in [-0.05, 0) is 58.5 Å². The number of rotatable bonds is 5. The number of carboxylic acids is 1. The molecule has 2 aliphatic rings. The van der Waals surface area contributed by atoms with Crippen molar-refractivity contribution in [3.63, 3.8) is 0 Å². The number of carbonyl (C=O) groups excluding carboxylic acids is 1. The fraction of sp³-hybridized carbons (Fsp3) is 0.875. The molecule has 1 atom stereocenters. The van der Waals surface area contributed by atoms with Gasteiger partial charge in [-0.1, -0.05) is 0 Å². The third kappa shape index (κ3) is 3.96. The smallest absolute Gasteiger partial charge is 0.309 e. The maximum Gasteiger partial charge on any atom is 0.309 e. The van der Waals surface area contributed by atoms with Crippen molar-refractivity contribution in [2.75, 3.05) is 32.7 Å². The van der Waals surface area contributed by atoms with E-state index in [1.165, 1.54) is 12.8 Å². The fourth-order valence-electron chi connectivity index (χ4n) is 3.39. The summed E-state index contributed by atoms with van der Waals surface area (Å²) < 4.78 is 0. The van der Waals surface area contributed by atoms with Crippen molar-refractivity contribution in [3.8, 4) is 0 Å². The minimum Gasteiger partial charge on any atom is -0.481 e. The van der Waals surface area contributed by atoms with Crippen molar-refractivity contribution in [2.45, 2.75) is 46.0 Å². The van der Waals surface area contributed by atoms with E-state index in [-0.39, 0.29) is 11.8 Å². The zero-order valence-electron chi connectivity index (χ0n) is 13.3. The molecular weight excluding hydrogens is 268 g/mol. The van der Waals surface area contributed by atoms with Crippen LogP contribution >= 0.6 is 0 Å². The predicted molar refractivity (Wildman–Crippen MR) is 81.0 cm³/mol. The van der Waals surface area contributed by atoms with Crippen molar-refractivity contribution >= 4 is 11.9 Å². The number of amides is 1. The lowest BCUT2D eigenvalue weighted by molar-refractivity contribution is -0.153. The quantitative estimate of drug-likeness (QED) is 0.840. The van der Waals surface area contributed by atoms with Gasteiger partial charge in [-0.2, -0.15) is 0 Å². The second-order valence-electron chi connectivity index (χ2n) is 7.00. The van der Waals surface area contributed by atoms with Crippen molar-refractivity contribution in [1.82, 2.24) is 9.80 Å². The Hall–Kier alpha value is -1.10. The summed E-state index contributed by atoms with van der Waals surface area (Å²) >= 11 is 0. The van der Waals surface area contributed by atoms with Gasteiger partial charge in [0.05, 0.1) is 5.41 Å². The molecule has 2 fully saturated rings. The van der Waals surface area contributed by atoms with Gasteiger partial charge in [0.2, 0.25) is 5.91 Å². The van der Waals surface area contributed by atoms with Crippen molar-refractivity contribution in [3.05, 3.63) is 0 Å². The molecule has 0 aromatic carbocycles. The highest BCUT2D eigenvalue weighted by Gasteiger charge is 2.39. The third-order valence-electron chi connectivity index (χ3n) is 5.19. The van der Waals surface area contributed by atoms with E-state index >= 15 is 0 Å². The number of piperidine rings is 1. The van der Waals surface area contributed by atoms with Crippen LogP contribution in [0.2, 0.25) is 0 Å². The summed E-state index contributed by atoms with van der Waals surface area (Å²) in [4.78, 5) is 28.0. The molecule has 0 aromatic heterocycles. The molecule has 5 nitrogen and oxygen atoms in total. The van der Waals surface area contributed by atoms with Crippen LogP contribution in [0.5, 0.6) is 0 Å². The molecule has 0 aromatic rings. The first-order valence-electron chi connectivity index (χ1n) is 8.15. The van der Waals surface area contributed by atoms with Crippen LogP contribution < -0.4 is 0 Å². The first-order chi connectivity index (χ1) is 9.91. The molecule has 2 rings (SSSR count). The summed E-state index contributed by atoms with van der Waals surface area (Å²) in [6, 6.07) is 0. The van der Waals surface area contributed by atoms with Crippen LogP contribution in [0.3, 0.4) is 0 Å². The lowest BCUT2D eigenvalue weighted by Gasteiger charge is -2.39. The summed E-state index contributed by atoms with van der Waals surface area (Å²) in [6.07, 6.45) is 4.87. The summed E-state index contributed by atoms with van der Waals surface area (Å²) in [6.45, 7) is 8.01. The molecule has 0 aliphatic carbocycles. The largest absolute Gasteiger partial charge is 0.481 e. The molecule has 1 unspecified atom stereocenters. The first kappa shape index (κ1) is 16.3. The fourth-order valence-corrected chi connectivity index (χ4v) is 3.39. The molecule has 120 valence electrons. The van der Waals surface area contributed by atoms with Crippen LogP contribution in [-0.2, 0) is 9.59 Å². The Kier molecular flexibility index (Phi) is 5.25. The highest BCUT2D eigenvalue weighted by molar-refractivity contribution is 5.77. The minimum absolute atomic E-state index is 0.0551. The maximum atomic E-state index is 12.3. The van der Waals surface area contributed by atoms with Gasteiger partial charge >= 0.3 is 5.97 Å². The first-order valence-corrected chi connectivity index (χ1v) is 8.15. The lowest BCUT2D eigenvalue weighted by Crippen LogP contribution is -2.47. The number of aliphatic carboxylic acids is 1. The molecule has 0 saturated carbocycles. The van der Waals surface area contributed by atoms with E-state index in [2.05, 4.69) is 4.90 Å². The topological polar surface area (TPSA) is 60.9 Å². The van der Waals surface area contributed by atoms with Crippen LogP contribution in [0.4, 0.5) is 0 Å². The van der Waals surface area contributed by atoms with Crippen LogP contribution in [-0.4, -0.2) is 59.5 Å². The Labute approximate surface area is 127 Å². The van der Waals surface area contributed by atoms with Crippen molar-refractivity contribution in [2.24, 2.45) is 11.3 Å². The highest BCUT2D eigenvalue weighted by Crippen LogP contribution is 2.34. The Morgan fingerprint density at radius 3 is 2.43 bits per heavy atom. The molecule has 1 amide bonds. The molecule has 21 heavy (non-hydrogen) atoms. The van der Waals surface area contributed by atoms with Crippen LogP contribution in [0.15, 0.2) is 0 Å². The number of likely N-dealkylation sites (tertiary alicyclic amines) is 2. The SMILES string of the molecule is CC(C)(C(=O)O)C1CCCN(C(=O)CCN2CCCC2)C1. The zero-order chi connectivity index (χ0) is 15.5. The van der Waals surface area contributed by atoms with Gasteiger partial charge in [-0.3, -0.25) is 9.59 Å². The number of hydrogen-bond donors (Lipinski definition) is 1. The Balaban J connectivity index is 1.85. The molecule has 2 heterocycles. The lowest BCUT2D eigenvalue weighted by atomic mass is 9.74. The second kappa shape index (κ2) is 6.77. The van der Waals surface area contributed by atoms with Crippen molar-refractivity contribution in [1.29, 1.82) is 0 Å². The molecule has 1 N–H and O–H groups in total. The number of carbonyl (C=O) groups is 2. The molecular formula is C16H28N2O3. The molecule has 0 bridgehead atoms. The van der Waals surface area contributed by atoms with Gasteiger partial charge in [0.25, 0.3) is 0 Å². The van der Waals surface area contributed by atoms with E-state index in [9.17, 15) is 14.7 Å². The van der Waals surface area contributed by atoms with E-state index in [0.29, 0.717) is 13.0 Å². The average Bonchev–Trinajstić information content (AvgIpc) is 2.98. The Morgan fingerprint density at radius 1 is 1.14 bits per heavy atom. The van der Waals surface area contributed by atoms with Gasteiger partial charge in [0.1, 0.15) is 0 Å². The van der Waals surface area contributed by atoms with Crippen LogP contribution in [0.1, 0.15) is 46.0 Å². The van der Waals surface area contributed by atoms with Gasteiger partial charge in [-0.25, -0.2) is 0 Å². The molecule has 2 aliphatic heterocycles. The molecule has 2 saturated heterocycles. The van der Waals surface area contributed by atoms with Gasteiger partial charge in [0.15, 0.2) is 0 Å². The van der Waals surface area contributed by atoms with E-state index in [4.69, 9.17) is 0 Å². The number of nitrogens with zero attached hydrogens (tertiary/aromatic N) is 2. The van der Waals surface area contributed by atoms with Crippen LogP contribution in [0, 0.1) is 11.3 Å². The van der Waals surface area contributed by atoms with Gasteiger partial charge in [0, 0.05) is 26.1 Å². The molecule has 0 radical (unpaired) electrons. The summed E-state index contributed by atoms with van der Waals surface area (Å²) in [5, 5.41) is 9.36. The summed E-state index contributed by atoms with van der Waals surface area (Å²) in [7, 11) is 0. The van der Waals surface area contributed by atoms with E-state index in [0.717, 1.165) is 39.0 Å². The standard InChI is InChI=1S/C16H28N2O3/c1-16(2,15(20)21)13-6-5-10-18(12-13)14(19)7-11-17-8-3-4-9-17/h13H,3-12H2,1-2H3,(H,20,21). The molecule has 0 spiro atoms. The normalized spacial score (nSPS) is 24.3. The second-order valence-corrected chi connectivity index (χ2v) is 7.00.